The molecule has 4 nitrogen and oxygen atoms in total. The Morgan fingerprint density at radius 1 is 1.36 bits per heavy atom. The Hall–Kier alpha value is -2.46. The van der Waals surface area contributed by atoms with Gasteiger partial charge in [-0.05, 0) is 37.5 Å². The van der Waals surface area contributed by atoms with Gasteiger partial charge in [0.25, 0.3) is 0 Å². The number of hydrogen-bond donors (Lipinski definition) is 2. The number of allylic oxidation sites excluding steroid dienone is 1. The highest BCUT2D eigenvalue weighted by Gasteiger charge is 2.12. The Morgan fingerprint density at radius 2 is 2.00 bits per heavy atom. The summed E-state index contributed by atoms with van der Waals surface area (Å²) in [7, 11) is 0. The van der Waals surface area contributed by atoms with Gasteiger partial charge < -0.3 is 10.8 Å². The molecular formula is C18H22N2O2. The van der Waals surface area contributed by atoms with E-state index in [0.717, 1.165) is 22.4 Å². The van der Waals surface area contributed by atoms with Crippen LogP contribution in [-0.4, -0.2) is 22.1 Å². The molecule has 0 radical (unpaired) electrons. The molecule has 116 valence electrons. The fourth-order valence-electron chi connectivity index (χ4n) is 1.91. The van der Waals surface area contributed by atoms with Crippen LogP contribution in [0.4, 0.5) is 0 Å². The van der Waals surface area contributed by atoms with Crippen molar-refractivity contribution in [2.24, 2.45) is 5.73 Å². The van der Waals surface area contributed by atoms with Crippen LogP contribution in [0, 0.1) is 6.92 Å². The van der Waals surface area contributed by atoms with Gasteiger partial charge in [-0.15, -0.1) is 6.58 Å². The zero-order valence-electron chi connectivity index (χ0n) is 13.0. The number of nitrogens with two attached hydrogens (primary N) is 1. The molecule has 2 rings (SSSR count). The topological polar surface area (TPSA) is 76.2 Å². The van der Waals surface area contributed by atoms with Gasteiger partial charge in [0.05, 0.1) is 5.69 Å². The highest BCUT2D eigenvalue weighted by atomic mass is 16.4. The first-order valence-corrected chi connectivity index (χ1v) is 7.06. The van der Waals surface area contributed by atoms with Gasteiger partial charge in [-0.3, -0.25) is 9.78 Å². The van der Waals surface area contributed by atoms with Crippen molar-refractivity contribution in [3.8, 4) is 11.3 Å². The van der Waals surface area contributed by atoms with Crippen LogP contribution in [0.5, 0.6) is 0 Å². The number of rotatable bonds is 4. The maximum Gasteiger partial charge on any atom is 0.320 e. The predicted molar refractivity (Wildman–Crippen MR) is 89.6 cm³/mol. The quantitative estimate of drug-likeness (QED) is 0.850. The second-order valence-electron chi connectivity index (χ2n) is 4.92. The standard InChI is InChI=1S/C15H16N2O2.C3H6/c1-10-4-2-3-5-12(10)14-7-6-11(9-17-14)8-13(16)15(18)19;1-3-2/h2-7,9,13H,8,16H2,1H3,(H,18,19);3H,1H2,2H3/t13-;/m0./s1. The highest BCUT2D eigenvalue weighted by Crippen LogP contribution is 2.21. The molecule has 2 aromatic rings. The molecule has 0 amide bonds. The number of pyridine rings is 1. The van der Waals surface area contributed by atoms with E-state index in [-0.39, 0.29) is 6.42 Å². The number of carbonyl (C=O) groups is 1. The summed E-state index contributed by atoms with van der Waals surface area (Å²) in [4.78, 5) is 15.1. The van der Waals surface area contributed by atoms with E-state index in [4.69, 9.17) is 10.8 Å². The average Bonchev–Trinajstić information content (AvgIpc) is 2.49. The fourth-order valence-corrected chi connectivity index (χ4v) is 1.91. The maximum atomic E-state index is 10.7. The van der Waals surface area contributed by atoms with Crippen molar-refractivity contribution < 1.29 is 9.90 Å². The van der Waals surface area contributed by atoms with Crippen LogP contribution in [0.1, 0.15) is 18.1 Å². The largest absolute Gasteiger partial charge is 0.480 e. The lowest BCUT2D eigenvalue weighted by Gasteiger charge is -2.08. The molecule has 0 bridgehead atoms. The molecule has 1 aromatic carbocycles. The third-order valence-corrected chi connectivity index (χ3v) is 3.02. The van der Waals surface area contributed by atoms with Gasteiger partial charge in [-0.25, -0.2) is 0 Å². The van der Waals surface area contributed by atoms with Crippen LogP contribution in [0.3, 0.4) is 0 Å². The molecule has 0 saturated heterocycles. The predicted octanol–water partition coefficient (Wildman–Crippen LogP) is 3.20. The summed E-state index contributed by atoms with van der Waals surface area (Å²) < 4.78 is 0. The third kappa shape index (κ3) is 5.14. The van der Waals surface area contributed by atoms with Crippen molar-refractivity contribution in [3.63, 3.8) is 0 Å². The lowest BCUT2D eigenvalue weighted by atomic mass is 10.0. The number of hydrogen-bond acceptors (Lipinski definition) is 3. The molecule has 0 spiro atoms. The Bertz CT molecular complexity index is 621. The van der Waals surface area contributed by atoms with Crippen LogP contribution < -0.4 is 5.73 Å². The van der Waals surface area contributed by atoms with E-state index in [1.165, 1.54) is 0 Å². The minimum Gasteiger partial charge on any atom is -0.480 e. The molecule has 22 heavy (non-hydrogen) atoms. The zero-order chi connectivity index (χ0) is 16.5. The third-order valence-electron chi connectivity index (χ3n) is 3.02. The van der Waals surface area contributed by atoms with E-state index >= 15 is 0 Å². The van der Waals surface area contributed by atoms with E-state index in [0.29, 0.717) is 0 Å². The lowest BCUT2D eigenvalue weighted by molar-refractivity contribution is -0.138. The molecule has 0 aliphatic heterocycles. The van der Waals surface area contributed by atoms with Crippen molar-refractivity contribution in [2.75, 3.05) is 0 Å². The molecule has 3 N–H and O–H groups in total. The number of carboxylic acids is 1. The number of carboxylic acid groups (broad SMARTS) is 1. The SMILES string of the molecule is C=CC.Cc1ccccc1-c1ccc(C[C@H](N)C(=O)O)cn1. The van der Waals surface area contributed by atoms with Crippen molar-refractivity contribution in [1.29, 1.82) is 0 Å². The van der Waals surface area contributed by atoms with Gasteiger partial charge in [0.1, 0.15) is 6.04 Å². The van der Waals surface area contributed by atoms with E-state index < -0.39 is 12.0 Å². The number of nitrogens with zero attached hydrogens (tertiary/aromatic N) is 1. The summed E-state index contributed by atoms with van der Waals surface area (Å²) in [6.07, 6.45) is 3.72. The lowest BCUT2D eigenvalue weighted by Crippen LogP contribution is -2.32. The summed E-state index contributed by atoms with van der Waals surface area (Å²) >= 11 is 0. The van der Waals surface area contributed by atoms with E-state index in [1.54, 1.807) is 12.3 Å². The highest BCUT2D eigenvalue weighted by molar-refractivity contribution is 5.73. The zero-order valence-corrected chi connectivity index (χ0v) is 13.0. The molecular weight excluding hydrogens is 276 g/mol. The first-order valence-electron chi connectivity index (χ1n) is 7.06. The molecule has 4 heteroatoms. The van der Waals surface area contributed by atoms with Crippen LogP contribution >= 0.6 is 0 Å². The second-order valence-corrected chi connectivity index (χ2v) is 4.92. The van der Waals surface area contributed by atoms with Crippen LogP contribution in [0.2, 0.25) is 0 Å². The molecule has 0 fully saturated rings. The van der Waals surface area contributed by atoms with Gasteiger partial charge in [-0.1, -0.05) is 36.4 Å². The van der Waals surface area contributed by atoms with Gasteiger partial charge in [0.15, 0.2) is 0 Å². The smallest absolute Gasteiger partial charge is 0.320 e. The molecule has 0 aliphatic carbocycles. The second kappa shape index (κ2) is 8.74. The first-order chi connectivity index (χ1) is 10.5. The Labute approximate surface area is 131 Å². The van der Waals surface area contributed by atoms with E-state index in [1.807, 2.05) is 50.2 Å². The van der Waals surface area contributed by atoms with Crippen molar-refractivity contribution in [1.82, 2.24) is 4.98 Å². The van der Waals surface area contributed by atoms with Gasteiger partial charge in [-0.2, -0.15) is 0 Å². The van der Waals surface area contributed by atoms with Gasteiger partial charge in [0.2, 0.25) is 0 Å². The number of aryl methyl sites for hydroxylation is 1. The minimum absolute atomic E-state index is 0.288. The van der Waals surface area contributed by atoms with Gasteiger partial charge >= 0.3 is 5.97 Å². The number of aliphatic carboxylic acids is 1. The van der Waals surface area contributed by atoms with E-state index in [2.05, 4.69) is 11.6 Å². The van der Waals surface area contributed by atoms with Crippen molar-refractivity contribution in [2.45, 2.75) is 26.3 Å². The summed E-state index contributed by atoms with van der Waals surface area (Å²) in [5.74, 6) is -0.997. The van der Waals surface area contributed by atoms with Crippen LogP contribution in [-0.2, 0) is 11.2 Å². The monoisotopic (exact) mass is 298 g/mol. The number of benzene rings is 1. The van der Waals surface area contributed by atoms with Crippen LogP contribution in [0.15, 0.2) is 55.3 Å². The first kappa shape index (κ1) is 17.6. The molecule has 1 atom stereocenters. The molecule has 0 aliphatic rings. The Balaban J connectivity index is 0.000000745. The normalized spacial score (nSPS) is 11.0. The molecule has 0 saturated carbocycles. The number of aromatic nitrogens is 1. The summed E-state index contributed by atoms with van der Waals surface area (Å²) in [5, 5.41) is 8.77. The average molecular weight is 298 g/mol. The van der Waals surface area contributed by atoms with Gasteiger partial charge in [0, 0.05) is 11.8 Å². The fraction of sp³-hybridized carbons (Fsp3) is 0.222. The summed E-state index contributed by atoms with van der Waals surface area (Å²) in [5.41, 5.74) is 9.44. The van der Waals surface area contributed by atoms with Crippen LogP contribution in [0.25, 0.3) is 11.3 Å². The Kier molecular flexibility index (Phi) is 6.99. The minimum atomic E-state index is -0.997. The van der Waals surface area contributed by atoms with E-state index in [9.17, 15) is 4.79 Å². The summed E-state index contributed by atoms with van der Waals surface area (Å²) in [6.45, 7) is 7.28. The molecule has 1 heterocycles. The maximum absolute atomic E-state index is 10.7. The summed E-state index contributed by atoms with van der Waals surface area (Å²) in [6, 6.07) is 10.9. The molecule has 1 aromatic heterocycles. The van der Waals surface area contributed by atoms with Crippen molar-refractivity contribution >= 4 is 5.97 Å². The van der Waals surface area contributed by atoms with Crippen molar-refractivity contribution in [3.05, 3.63) is 66.4 Å². The molecule has 0 unspecified atom stereocenters. The Morgan fingerprint density at radius 3 is 2.50 bits per heavy atom.